The number of halogens is 2. The van der Waals surface area contributed by atoms with Crippen molar-refractivity contribution < 1.29 is 9.18 Å². The molecule has 0 bridgehead atoms. The number of hydrogen-bond donors (Lipinski definition) is 1. The van der Waals surface area contributed by atoms with E-state index in [2.05, 4.69) is 22.2 Å². The van der Waals surface area contributed by atoms with Gasteiger partial charge in [0.2, 0.25) is 0 Å². The Labute approximate surface area is 172 Å². The summed E-state index contributed by atoms with van der Waals surface area (Å²) < 4.78 is 14.5. The Morgan fingerprint density at radius 3 is 2.61 bits per heavy atom. The van der Waals surface area contributed by atoms with Crippen LogP contribution in [0.2, 0.25) is 5.02 Å². The SMILES string of the molecule is CN1CCC(CN(C)C(=O)NCC(c2c(F)cccc2Cl)N2CCCC2)CC1. The summed E-state index contributed by atoms with van der Waals surface area (Å²) in [6.07, 6.45) is 4.42. The Morgan fingerprint density at radius 1 is 1.29 bits per heavy atom. The Hall–Kier alpha value is -1.37. The van der Waals surface area contributed by atoms with Gasteiger partial charge in [-0.25, -0.2) is 9.18 Å². The number of urea groups is 1. The fourth-order valence-corrected chi connectivity index (χ4v) is 4.62. The van der Waals surface area contributed by atoms with Gasteiger partial charge in [0.1, 0.15) is 5.82 Å². The summed E-state index contributed by atoms with van der Waals surface area (Å²) in [5.41, 5.74) is 0.490. The number of carbonyl (C=O) groups is 1. The van der Waals surface area contributed by atoms with E-state index in [0.717, 1.165) is 58.4 Å². The van der Waals surface area contributed by atoms with E-state index in [1.807, 2.05) is 7.05 Å². The number of hydrogen-bond acceptors (Lipinski definition) is 3. The van der Waals surface area contributed by atoms with Crippen LogP contribution < -0.4 is 5.32 Å². The third kappa shape index (κ3) is 5.37. The molecule has 1 aromatic carbocycles. The van der Waals surface area contributed by atoms with E-state index in [9.17, 15) is 9.18 Å². The maximum Gasteiger partial charge on any atom is 0.317 e. The number of likely N-dealkylation sites (tertiary alicyclic amines) is 2. The minimum absolute atomic E-state index is 0.101. The van der Waals surface area contributed by atoms with Crippen LogP contribution in [0.5, 0.6) is 0 Å². The first-order valence-electron chi connectivity index (χ1n) is 10.3. The van der Waals surface area contributed by atoms with Crippen molar-refractivity contribution in [3.63, 3.8) is 0 Å². The second-order valence-electron chi connectivity index (χ2n) is 8.21. The molecule has 5 nitrogen and oxygen atoms in total. The van der Waals surface area contributed by atoms with Crippen molar-refractivity contribution in [3.8, 4) is 0 Å². The lowest BCUT2D eigenvalue weighted by Gasteiger charge is -2.33. The Kier molecular flexibility index (Phi) is 7.55. The third-order valence-corrected chi connectivity index (χ3v) is 6.41. The molecule has 0 radical (unpaired) electrons. The molecule has 7 heteroatoms. The van der Waals surface area contributed by atoms with Crippen molar-refractivity contribution in [1.29, 1.82) is 0 Å². The first kappa shape index (κ1) is 21.3. The van der Waals surface area contributed by atoms with Gasteiger partial charge in [0, 0.05) is 30.7 Å². The lowest BCUT2D eigenvalue weighted by molar-refractivity contribution is 0.166. The number of amides is 2. The van der Waals surface area contributed by atoms with Crippen LogP contribution in [0.3, 0.4) is 0 Å². The van der Waals surface area contributed by atoms with Crippen LogP contribution in [0.1, 0.15) is 37.3 Å². The molecule has 1 unspecified atom stereocenters. The lowest BCUT2D eigenvalue weighted by Crippen LogP contribution is -2.45. The lowest BCUT2D eigenvalue weighted by atomic mass is 9.97. The monoisotopic (exact) mass is 410 g/mol. The fourth-order valence-electron chi connectivity index (χ4n) is 4.33. The van der Waals surface area contributed by atoms with Gasteiger partial charge in [-0.3, -0.25) is 4.90 Å². The minimum Gasteiger partial charge on any atom is -0.336 e. The summed E-state index contributed by atoms with van der Waals surface area (Å²) in [5, 5.41) is 3.44. The standard InChI is InChI=1S/C21H32ClFN4O/c1-25-12-8-16(9-13-25)15-26(2)21(28)24-14-19(27-10-3-4-11-27)20-17(22)6-5-7-18(20)23/h5-7,16,19H,3-4,8-15H2,1-2H3,(H,24,28). The fraction of sp³-hybridized carbons (Fsp3) is 0.667. The Balaban J connectivity index is 1.60. The molecule has 2 amide bonds. The molecule has 156 valence electrons. The molecule has 2 aliphatic rings. The Morgan fingerprint density at radius 2 is 1.96 bits per heavy atom. The largest absolute Gasteiger partial charge is 0.336 e. The quantitative estimate of drug-likeness (QED) is 0.778. The van der Waals surface area contributed by atoms with Crippen LogP contribution in [0.4, 0.5) is 9.18 Å². The van der Waals surface area contributed by atoms with Gasteiger partial charge in [0.05, 0.1) is 6.04 Å². The van der Waals surface area contributed by atoms with Gasteiger partial charge in [-0.15, -0.1) is 0 Å². The van der Waals surface area contributed by atoms with Gasteiger partial charge in [-0.05, 0) is 77.0 Å². The molecule has 1 aromatic rings. The van der Waals surface area contributed by atoms with Crippen molar-refractivity contribution in [2.24, 2.45) is 5.92 Å². The molecular weight excluding hydrogens is 379 g/mol. The first-order chi connectivity index (χ1) is 13.5. The normalized spacial score (nSPS) is 20.3. The second kappa shape index (κ2) is 9.90. The minimum atomic E-state index is -0.307. The topological polar surface area (TPSA) is 38.8 Å². The number of benzene rings is 1. The number of carbonyl (C=O) groups excluding carboxylic acids is 1. The van der Waals surface area contributed by atoms with Crippen molar-refractivity contribution >= 4 is 17.6 Å². The molecule has 3 rings (SSSR count). The van der Waals surface area contributed by atoms with Gasteiger partial charge in [0.25, 0.3) is 0 Å². The summed E-state index contributed by atoms with van der Waals surface area (Å²) in [7, 11) is 3.98. The van der Waals surface area contributed by atoms with Crippen molar-refractivity contribution in [2.45, 2.75) is 31.7 Å². The molecule has 2 aliphatic heterocycles. The number of rotatable bonds is 6. The molecule has 0 saturated carbocycles. The van der Waals surface area contributed by atoms with Crippen molar-refractivity contribution in [1.82, 2.24) is 20.0 Å². The van der Waals surface area contributed by atoms with Crippen molar-refractivity contribution in [2.75, 3.05) is 53.4 Å². The number of piperidine rings is 1. The van der Waals surface area contributed by atoms with Crippen LogP contribution >= 0.6 is 11.6 Å². The van der Waals surface area contributed by atoms with Gasteiger partial charge >= 0.3 is 6.03 Å². The average molecular weight is 411 g/mol. The highest BCUT2D eigenvalue weighted by molar-refractivity contribution is 6.31. The van der Waals surface area contributed by atoms with E-state index in [-0.39, 0.29) is 17.9 Å². The summed E-state index contributed by atoms with van der Waals surface area (Å²) in [5.74, 6) is 0.237. The maximum atomic E-state index is 14.5. The number of nitrogens with one attached hydrogen (secondary N) is 1. The molecule has 0 spiro atoms. The van der Waals surface area contributed by atoms with E-state index in [4.69, 9.17) is 11.6 Å². The molecule has 2 fully saturated rings. The first-order valence-corrected chi connectivity index (χ1v) is 10.7. The van der Waals surface area contributed by atoms with E-state index >= 15 is 0 Å². The van der Waals surface area contributed by atoms with Gasteiger partial charge in [-0.1, -0.05) is 17.7 Å². The second-order valence-corrected chi connectivity index (χ2v) is 8.61. The van der Waals surface area contributed by atoms with Gasteiger partial charge in [0.15, 0.2) is 0 Å². The third-order valence-electron chi connectivity index (χ3n) is 6.08. The van der Waals surface area contributed by atoms with Gasteiger partial charge in [-0.2, -0.15) is 0 Å². The zero-order valence-electron chi connectivity index (χ0n) is 17.0. The smallest absolute Gasteiger partial charge is 0.317 e. The van der Waals surface area contributed by atoms with E-state index in [1.165, 1.54) is 6.07 Å². The summed E-state index contributed by atoms with van der Waals surface area (Å²) >= 11 is 6.33. The van der Waals surface area contributed by atoms with Crippen molar-refractivity contribution in [3.05, 3.63) is 34.6 Å². The zero-order valence-corrected chi connectivity index (χ0v) is 17.7. The number of nitrogens with zero attached hydrogens (tertiary/aromatic N) is 3. The van der Waals surface area contributed by atoms with Crippen LogP contribution in [0.25, 0.3) is 0 Å². The highest BCUT2D eigenvalue weighted by Gasteiger charge is 2.28. The molecule has 2 saturated heterocycles. The molecule has 1 N–H and O–H groups in total. The molecule has 28 heavy (non-hydrogen) atoms. The molecule has 0 aliphatic carbocycles. The van der Waals surface area contributed by atoms with Gasteiger partial charge < -0.3 is 15.1 Å². The zero-order chi connectivity index (χ0) is 20.1. The molecular formula is C21H32ClFN4O. The Bertz CT molecular complexity index is 640. The highest BCUT2D eigenvalue weighted by atomic mass is 35.5. The summed E-state index contributed by atoms with van der Waals surface area (Å²) in [4.78, 5) is 19.0. The molecule has 2 heterocycles. The maximum absolute atomic E-state index is 14.5. The van der Waals surface area contributed by atoms with E-state index in [0.29, 0.717) is 23.0 Å². The highest BCUT2D eigenvalue weighted by Crippen LogP contribution is 2.32. The van der Waals surface area contributed by atoms with Crippen LogP contribution in [0, 0.1) is 11.7 Å². The summed E-state index contributed by atoms with van der Waals surface area (Å²) in [6.45, 7) is 5.09. The summed E-state index contributed by atoms with van der Waals surface area (Å²) in [6, 6.07) is 4.44. The van der Waals surface area contributed by atoms with E-state index < -0.39 is 0 Å². The molecule has 0 aromatic heterocycles. The van der Waals surface area contributed by atoms with Crippen LogP contribution in [-0.4, -0.2) is 74.1 Å². The van der Waals surface area contributed by atoms with Crippen LogP contribution in [0.15, 0.2) is 18.2 Å². The van der Waals surface area contributed by atoms with E-state index in [1.54, 1.807) is 17.0 Å². The van der Waals surface area contributed by atoms with Crippen LogP contribution in [-0.2, 0) is 0 Å². The predicted octanol–water partition coefficient (Wildman–Crippen LogP) is 3.60. The molecule has 1 atom stereocenters. The average Bonchev–Trinajstić information content (AvgIpc) is 3.20. The predicted molar refractivity (Wildman–Crippen MR) is 111 cm³/mol.